The summed E-state index contributed by atoms with van der Waals surface area (Å²) in [4.78, 5) is 10.9. The maximum atomic E-state index is 10.9. The fraction of sp³-hybridized carbons (Fsp3) is 0.700. The third-order valence-corrected chi connectivity index (χ3v) is 1.73. The van der Waals surface area contributed by atoms with E-state index in [0.29, 0.717) is 25.3 Å². The average Bonchev–Trinajstić information content (AvgIpc) is 2.14. The molecule has 0 radical (unpaired) electrons. The molecule has 0 N–H and O–H groups in total. The fourth-order valence-corrected chi connectivity index (χ4v) is 0.942. The first kappa shape index (κ1) is 12.5. The van der Waals surface area contributed by atoms with E-state index in [-0.39, 0.29) is 5.97 Å². The number of rotatable bonds is 7. The lowest BCUT2D eigenvalue weighted by molar-refractivity contribution is -0.143. The van der Waals surface area contributed by atoms with Crippen LogP contribution in [0.5, 0.6) is 0 Å². The quantitative estimate of drug-likeness (QED) is 0.276. The van der Waals surface area contributed by atoms with Crippen molar-refractivity contribution in [1.82, 2.24) is 0 Å². The normalized spacial score (nSPS) is 10.6. The molecule has 0 spiro atoms. The van der Waals surface area contributed by atoms with Gasteiger partial charge in [0, 0.05) is 12.3 Å². The molecular formula is C10H17ClO2. The minimum absolute atomic E-state index is 0.148. The van der Waals surface area contributed by atoms with Crippen LogP contribution in [0.4, 0.5) is 0 Å². The minimum Gasteiger partial charge on any atom is -0.465 e. The molecule has 0 saturated carbocycles. The van der Waals surface area contributed by atoms with E-state index in [1.54, 1.807) is 0 Å². The number of esters is 1. The van der Waals surface area contributed by atoms with E-state index in [4.69, 9.17) is 16.3 Å². The highest BCUT2D eigenvalue weighted by Gasteiger charge is 1.99. The number of allylic oxidation sites excluding steroid dienone is 1. The Morgan fingerprint density at radius 1 is 1.46 bits per heavy atom. The van der Waals surface area contributed by atoms with E-state index in [2.05, 4.69) is 13.0 Å². The maximum absolute atomic E-state index is 10.9. The molecule has 0 aromatic carbocycles. The molecule has 0 amide bonds. The fourth-order valence-electron chi connectivity index (χ4n) is 0.809. The molecule has 0 atom stereocenters. The van der Waals surface area contributed by atoms with E-state index in [9.17, 15) is 4.79 Å². The molecule has 0 bridgehead atoms. The molecule has 0 rings (SSSR count). The SMILES string of the molecule is CC/C=C/CCOC(=O)CCCCl. The second-order valence-corrected chi connectivity index (χ2v) is 3.06. The van der Waals surface area contributed by atoms with Crippen molar-refractivity contribution in [3.8, 4) is 0 Å². The summed E-state index contributed by atoms with van der Waals surface area (Å²) in [6, 6.07) is 0. The van der Waals surface area contributed by atoms with Crippen LogP contribution >= 0.6 is 11.6 Å². The van der Waals surface area contributed by atoms with Crippen molar-refractivity contribution in [1.29, 1.82) is 0 Å². The Bertz CT molecular complexity index is 155. The lowest BCUT2D eigenvalue weighted by Gasteiger charge is -2.00. The Hall–Kier alpha value is -0.500. The Morgan fingerprint density at radius 2 is 2.23 bits per heavy atom. The highest BCUT2D eigenvalue weighted by Crippen LogP contribution is 1.96. The summed E-state index contributed by atoms with van der Waals surface area (Å²) < 4.78 is 4.94. The zero-order chi connectivity index (χ0) is 9.94. The van der Waals surface area contributed by atoms with Crippen LogP contribution in [0, 0.1) is 0 Å². The van der Waals surface area contributed by atoms with Gasteiger partial charge < -0.3 is 4.74 Å². The predicted molar refractivity (Wildman–Crippen MR) is 55.0 cm³/mol. The van der Waals surface area contributed by atoms with Gasteiger partial charge in [-0.3, -0.25) is 4.79 Å². The van der Waals surface area contributed by atoms with E-state index in [1.807, 2.05) is 6.08 Å². The van der Waals surface area contributed by atoms with Gasteiger partial charge in [-0.2, -0.15) is 0 Å². The van der Waals surface area contributed by atoms with Gasteiger partial charge >= 0.3 is 5.97 Å². The number of hydrogen-bond acceptors (Lipinski definition) is 2. The van der Waals surface area contributed by atoms with Crippen LogP contribution < -0.4 is 0 Å². The lowest BCUT2D eigenvalue weighted by Crippen LogP contribution is -2.05. The Labute approximate surface area is 84.9 Å². The second kappa shape index (κ2) is 9.59. The number of carbonyl (C=O) groups excluding carboxylic acids is 1. The molecule has 0 fully saturated rings. The molecule has 0 heterocycles. The maximum Gasteiger partial charge on any atom is 0.305 e. The second-order valence-electron chi connectivity index (χ2n) is 2.68. The zero-order valence-corrected chi connectivity index (χ0v) is 8.85. The molecule has 0 aromatic rings. The number of ether oxygens (including phenoxy) is 1. The van der Waals surface area contributed by atoms with E-state index < -0.39 is 0 Å². The van der Waals surface area contributed by atoms with Crippen molar-refractivity contribution in [2.45, 2.75) is 32.6 Å². The molecule has 0 aliphatic heterocycles. The summed E-state index contributed by atoms with van der Waals surface area (Å²) in [6.45, 7) is 2.56. The summed E-state index contributed by atoms with van der Waals surface area (Å²) >= 11 is 5.43. The van der Waals surface area contributed by atoms with Gasteiger partial charge in [0.25, 0.3) is 0 Å². The van der Waals surface area contributed by atoms with Crippen LogP contribution in [0.3, 0.4) is 0 Å². The van der Waals surface area contributed by atoms with Gasteiger partial charge in [-0.15, -0.1) is 11.6 Å². The monoisotopic (exact) mass is 204 g/mol. The third-order valence-electron chi connectivity index (χ3n) is 1.46. The van der Waals surface area contributed by atoms with Crippen LogP contribution in [0.1, 0.15) is 32.6 Å². The van der Waals surface area contributed by atoms with Gasteiger partial charge in [-0.05, 0) is 19.3 Å². The molecule has 0 aliphatic rings. The Balaban J connectivity index is 3.21. The summed E-state index contributed by atoms with van der Waals surface area (Å²) in [7, 11) is 0. The van der Waals surface area contributed by atoms with Gasteiger partial charge in [0.05, 0.1) is 6.61 Å². The van der Waals surface area contributed by atoms with Crippen LogP contribution in [0.2, 0.25) is 0 Å². The first-order valence-corrected chi connectivity index (χ1v) is 5.21. The zero-order valence-electron chi connectivity index (χ0n) is 8.09. The first-order valence-electron chi connectivity index (χ1n) is 4.67. The minimum atomic E-state index is -0.148. The van der Waals surface area contributed by atoms with Crippen LogP contribution in [0.25, 0.3) is 0 Å². The molecule has 13 heavy (non-hydrogen) atoms. The van der Waals surface area contributed by atoms with Crippen LogP contribution in [-0.4, -0.2) is 18.5 Å². The molecular weight excluding hydrogens is 188 g/mol. The van der Waals surface area contributed by atoms with E-state index in [1.165, 1.54) is 0 Å². The smallest absolute Gasteiger partial charge is 0.305 e. The topological polar surface area (TPSA) is 26.3 Å². The van der Waals surface area contributed by atoms with Gasteiger partial charge in [0.1, 0.15) is 0 Å². The van der Waals surface area contributed by atoms with Gasteiger partial charge in [-0.25, -0.2) is 0 Å². The molecule has 76 valence electrons. The molecule has 3 heteroatoms. The Kier molecular flexibility index (Phi) is 9.22. The van der Waals surface area contributed by atoms with Crippen LogP contribution in [0.15, 0.2) is 12.2 Å². The summed E-state index contributed by atoms with van der Waals surface area (Å²) in [5.41, 5.74) is 0. The molecule has 2 nitrogen and oxygen atoms in total. The molecule has 0 saturated heterocycles. The largest absolute Gasteiger partial charge is 0.465 e. The first-order chi connectivity index (χ1) is 6.31. The number of halogens is 1. The van der Waals surface area contributed by atoms with E-state index >= 15 is 0 Å². The highest BCUT2D eigenvalue weighted by atomic mass is 35.5. The average molecular weight is 205 g/mol. The third kappa shape index (κ3) is 9.41. The summed E-state index contributed by atoms with van der Waals surface area (Å²) in [5, 5.41) is 0. The van der Waals surface area contributed by atoms with Crippen molar-refractivity contribution >= 4 is 17.6 Å². The highest BCUT2D eigenvalue weighted by molar-refractivity contribution is 6.17. The van der Waals surface area contributed by atoms with Gasteiger partial charge in [-0.1, -0.05) is 19.1 Å². The molecule has 0 unspecified atom stereocenters. The van der Waals surface area contributed by atoms with Gasteiger partial charge in [0.15, 0.2) is 0 Å². The lowest BCUT2D eigenvalue weighted by atomic mass is 10.3. The van der Waals surface area contributed by atoms with Crippen molar-refractivity contribution in [2.24, 2.45) is 0 Å². The van der Waals surface area contributed by atoms with E-state index in [0.717, 1.165) is 12.8 Å². The van der Waals surface area contributed by atoms with Gasteiger partial charge in [0.2, 0.25) is 0 Å². The number of hydrogen-bond donors (Lipinski definition) is 0. The number of alkyl halides is 1. The van der Waals surface area contributed by atoms with Crippen molar-refractivity contribution < 1.29 is 9.53 Å². The predicted octanol–water partition coefficient (Wildman–Crippen LogP) is 2.90. The standard InChI is InChI=1S/C10H17ClO2/c1-2-3-4-5-9-13-10(12)7-6-8-11/h3-4H,2,5-9H2,1H3/b4-3+. The number of carbonyl (C=O) groups is 1. The van der Waals surface area contributed by atoms with Crippen molar-refractivity contribution in [2.75, 3.05) is 12.5 Å². The summed E-state index contributed by atoms with van der Waals surface area (Å²) in [5.74, 6) is 0.371. The molecule has 0 aromatic heterocycles. The van der Waals surface area contributed by atoms with Crippen molar-refractivity contribution in [3.63, 3.8) is 0 Å². The van der Waals surface area contributed by atoms with Crippen molar-refractivity contribution in [3.05, 3.63) is 12.2 Å². The summed E-state index contributed by atoms with van der Waals surface area (Å²) in [6.07, 6.45) is 7.05. The Morgan fingerprint density at radius 3 is 2.85 bits per heavy atom. The molecule has 0 aliphatic carbocycles. The van der Waals surface area contributed by atoms with Crippen LogP contribution in [-0.2, 0) is 9.53 Å².